The van der Waals surface area contributed by atoms with Gasteiger partial charge in [0.15, 0.2) is 0 Å². The van der Waals surface area contributed by atoms with Crippen molar-refractivity contribution in [2.45, 2.75) is 32.0 Å². The van der Waals surface area contributed by atoms with Gasteiger partial charge in [0.2, 0.25) is 0 Å². The third-order valence-electron chi connectivity index (χ3n) is 4.17. The first-order valence-electron chi connectivity index (χ1n) is 7.98. The van der Waals surface area contributed by atoms with Gasteiger partial charge >= 0.3 is 6.18 Å². The van der Waals surface area contributed by atoms with Gasteiger partial charge in [0, 0.05) is 25.9 Å². The SMILES string of the molecule is Cc1cc(N2CCCC(Nc3ncc(C(F)(F)F)cc3Cl)C2=O)n(C)n1. The lowest BCUT2D eigenvalue weighted by Gasteiger charge is -2.32. The Balaban J connectivity index is 1.80. The molecule has 0 spiro atoms. The maximum atomic E-state index is 12.8. The Morgan fingerprint density at radius 1 is 1.35 bits per heavy atom. The lowest BCUT2D eigenvalue weighted by molar-refractivity contribution is -0.137. The summed E-state index contributed by atoms with van der Waals surface area (Å²) >= 11 is 5.92. The van der Waals surface area contributed by atoms with Gasteiger partial charge < -0.3 is 5.32 Å². The van der Waals surface area contributed by atoms with Crippen LogP contribution in [0.25, 0.3) is 0 Å². The van der Waals surface area contributed by atoms with Crippen molar-refractivity contribution in [3.05, 3.63) is 34.6 Å². The van der Waals surface area contributed by atoms with Crippen molar-refractivity contribution in [1.82, 2.24) is 14.8 Å². The molecule has 1 amide bonds. The van der Waals surface area contributed by atoms with Crippen LogP contribution in [0.1, 0.15) is 24.1 Å². The fourth-order valence-corrected chi connectivity index (χ4v) is 3.17. The monoisotopic (exact) mass is 387 g/mol. The highest BCUT2D eigenvalue weighted by Gasteiger charge is 2.34. The van der Waals surface area contributed by atoms with Crippen molar-refractivity contribution in [1.29, 1.82) is 0 Å². The number of hydrogen-bond acceptors (Lipinski definition) is 4. The molecule has 3 rings (SSSR count). The molecule has 0 aromatic carbocycles. The zero-order valence-electron chi connectivity index (χ0n) is 14.1. The number of alkyl halides is 3. The van der Waals surface area contributed by atoms with Gasteiger partial charge in [0.05, 0.1) is 16.3 Å². The minimum absolute atomic E-state index is 0.0565. The van der Waals surface area contributed by atoms with E-state index >= 15 is 0 Å². The first-order chi connectivity index (χ1) is 12.2. The van der Waals surface area contributed by atoms with Crippen molar-refractivity contribution in [2.24, 2.45) is 7.05 Å². The van der Waals surface area contributed by atoms with Gasteiger partial charge in [0.1, 0.15) is 17.7 Å². The Kier molecular flexibility index (Phi) is 4.83. The van der Waals surface area contributed by atoms with Crippen LogP contribution < -0.4 is 10.2 Å². The molecule has 1 aliphatic heterocycles. The molecule has 140 valence electrons. The smallest absolute Gasteiger partial charge is 0.357 e. The van der Waals surface area contributed by atoms with Gasteiger partial charge in [-0.05, 0) is 25.8 Å². The summed E-state index contributed by atoms with van der Waals surface area (Å²) in [4.78, 5) is 18.2. The van der Waals surface area contributed by atoms with Crippen LogP contribution in [0.15, 0.2) is 18.3 Å². The van der Waals surface area contributed by atoms with Crippen LogP contribution in [0.3, 0.4) is 0 Å². The number of aromatic nitrogens is 3. The summed E-state index contributed by atoms with van der Waals surface area (Å²) in [7, 11) is 1.75. The van der Waals surface area contributed by atoms with E-state index in [0.717, 1.165) is 18.2 Å². The summed E-state index contributed by atoms with van der Waals surface area (Å²) in [5.41, 5.74) is -0.146. The third kappa shape index (κ3) is 3.62. The lowest BCUT2D eigenvalue weighted by atomic mass is 10.0. The normalized spacial score (nSPS) is 18.3. The average Bonchev–Trinajstić information content (AvgIpc) is 2.88. The summed E-state index contributed by atoms with van der Waals surface area (Å²) in [5.74, 6) is 0.531. The van der Waals surface area contributed by atoms with E-state index in [1.54, 1.807) is 16.6 Å². The molecular weight excluding hydrogens is 371 g/mol. The number of pyridine rings is 1. The molecule has 0 saturated carbocycles. The van der Waals surface area contributed by atoms with Crippen molar-refractivity contribution in [2.75, 3.05) is 16.8 Å². The van der Waals surface area contributed by atoms with E-state index in [1.165, 1.54) is 0 Å². The van der Waals surface area contributed by atoms with Crippen LogP contribution in [0.4, 0.5) is 24.8 Å². The van der Waals surface area contributed by atoms with E-state index in [-0.39, 0.29) is 16.7 Å². The standard InChI is InChI=1S/C16H17ClF3N5O/c1-9-6-13(24(2)23-9)25-5-3-4-12(15(25)26)22-14-11(17)7-10(8-21-14)16(18,19)20/h6-8,12H,3-5H2,1-2H3,(H,21,22). The van der Waals surface area contributed by atoms with E-state index in [2.05, 4.69) is 15.4 Å². The summed E-state index contributed by atoms with van der Waals surface area (Å²) < 4.78 is 39.8. The summed E-state index contributed by atoms with van der Waals surface area (Å²) in [6.07, 6.45) is -2.56. The molecule has 1 fully saturated rings. The van der Waals surface area contributed by atoms with Gasteiger partial charge in [-0.1, -0.05) is 11.6 Å². The number of halogens is 4. The topological polar surface area (TPSA) is 63.1 Å². The molecule has 0 radical (unpaired) electrons. The first kappa shape index (κ1) is 18.5. The highest BCUT2D eigenvalue weighted by molar-refractivity contribution is 6.33. The van der Waals surface area contributed by atoms with Gasteiger partial charge in [-0.3, -0.25) is 14.4 Å². The second-order valence-corrected chi connectivity index (χ2v) is 6.56. The Morgan fingerprint density at radius 2 is 2.08 bits per heavy atom. The second kappa shape index (κ2) is 6.79. The molecule has 6 nitrogen and oxygen atoms in total. The molecule has 0 bridgehead atoms. The first-order valence-corrected chi connectivity index (χ1v) is 8.36. The van der Waals surface area contributed by atoms with Gasteiger partial charge in [0.25, 0.3) is 5.91 Å². The van der Waals surface area contributed by atoms with E-state index in [1.807, 2.05) is 13.0 Å². The van der Waals surface area contributed by atoms with Gasteiger partial charge in [-0.15, -0.1) is 0 Å². The molecule has 3 heterocycles. The number of piperidine rings is 1. The highest BCUT2D eigenvalue weighted by atomic mass is 35.5. The maximum absolute atomic E-state index is 12.8. The molecule has 2 aromatic rings. The number of amides is 1. The van der Waals surface area contributed by atoms with Gasteiger partial charge in [-0.2, -0.15) is 18.3 Å². The number of nitrogens with one attached hydrogen (secondary N) is 1. The molecule has 1 N–H and O–H groups in total. The number of aryl methyl sites for hydroxylation is 2. The zero-order valence-corrected chi connectivity index (χ0v) is 14.9. The lowest BCUT2D eigenvalue weighted by Crippen LogP contribution is -2.48. The molecular formula is C16H17ClF3N5O. The number of carbonyl (C=O) groups is 1. The fourth-order valence-electron chi connectivity index (χ4n) is 2.95. The molecule has 10 heteroatoms. The van der Waals surface area contributed by atoms with Gasteiger partial charge in [-0.25, -0.2) is 4.98 Å². The van der Waals surface area contributed by atoms with Crippen LogP contribution in [0.5, 0.6) is 0 Å². The highest BCUT2D eigenvalue weighted by Crippen LogP contribution is 2.33. The molecule has 1 saturated heterocycles. The Bertz CT molecular complexity index is 836. The molecule has 2 aromatic heterocycles. The molecule has 1 aliphatic rings. The zero-order chi connectivity index (χ0) is 19.1. The molecule has 0 aliphatic carbocycles. The second-order valence-electron chi connectivity index (χ2n) is 6.15. The van der Waals surface area contributed by atoms with E-state index in [9.17, 15) is 18.0 Å². The Morgan fingerprint density at radius 3 is 2.65 bits per heavy atom. The van der Waals surface area contributed by atoms with Crippen LogP contribution in [-0.4, -0.2) is 33.3 Å². The minimum Gasteiger partial charge on any atom is -0.357 e. The van der Waals surface area contributed by atoms with Crippen LogP contribution in [-0.2, 0) is 18.0 Å². The summed E-state index contributed by atoms with van der Waals surface area (Å²) in [5, 5.41) is 6.93. The summed E-state index contributed by atoms with van der Waals surface area (Å²) in [6, 6.07) is 1.98. The van der Waals surface area contributed by atoms with E-state index in [0.29, 0.717) is 25.0 Å². The van der Waals surface area contributed by atoms with Crippen LogP contribution >= 0.6 is 11.6 Å². The van der Waals surface area contributed by atoms with Crippen molar-refractivity contribution in [3.8, 4) is 0 Å². The largest absolute Gasteiger partial charge is 0.417 e. The number of anilines is 2. The molecule has 1 unspecified atom stereocenters. The van der Waals surface area contributed by atoms with Crippen LogP contribution in [0.2, 0.25) is 5.02 Å². The predicted molar refractivity (Wildman–Crippen MR) is 91.2 cm³/mol. The molecule has 26 heavy (non-hydrogen) atoms. The van der Waals surface area contributed by atoms with E-state index < -0.39 is 17.8 Å². The Hall–Kier alpha value is -2.29. The number of rotatable bonds is 3. The van der Waals surface area contributed by atoms with Crippen molar-refractivity contribution >= 4 is 29.1 Å². The Labute approximate surface area is 153 Å². The van der Waals surface area contributed by atoms with Crippen LogP contribution in [0, 0.1) is 6.92 Å². The number of nitrogens with zero attached hydrogens (tertiary/aromatic N) is 4. The predicted octanol–water partition coefficient (Wildman–Crippen LogP) is 3.40. The summed E-state index contributed by atoms with van der Waals surface area (Å²) in [6.45, 7) is 2.38. The van der Waals surface area contributed by atoms with E-state index in [4.69, 9.17) is 11.6 Å². The quantitative estimate of drug-likeness (QED) is 0.876. The fraction of sp³-hybridized carbons (Fsp3) is 0.438. The maximum Gasteiger partial charge on any atom is 0.417 e. The van der Waals surface area contributed by atoms with Crippen molar-refractivity contribution < 1.29 is 18.0 Å². The average molecular weight is 388 g/mol. The number of carbonyl (C=O) groups excluding carboxylic acids is 1. The number of hydrogen-bond donors (Lipinski definition) is 1. The molecule has 1 atom stereocenters. The minimum atomic E-state index is -4.52. The van der Waals surface area contributed by atoms with Crippen molar-refractivity contribution in [3.63, 3.8) is 0 Å². The third-order valence-corrected chi connectivity index (χ3v) is 4.46.